The maximum atomic E-state index is 8.53. The van der Waals surface area contributed by atoms with Crippen LogP contribution in [0, 0.1) is 18.3 Å². The van der Waals surface area contributed by atoms with Crippen molar-refractivity contribution in [3.8, 4) is 6.07 Å². The Morgan fingerprint density at radius 2 is 2.08 bits per heavy atom. The Kier molecular flexibility index (Phi) is 4.47. The lowest BCUT2D eigenvalue weighted by Gasteiger charge is -1.97. The van der Waals surface area contributed by atoms with E-state index in [2.05, 4.69) is 4.98 Å². The highest BCUT2D eigenvalue weighted by atomic mass is 14.8. The molecule has 0 spiro atoms. The summed E-state index contributed by atoms with van der Waals surface area (Å²) in [6, 6.07) is 3.73. The van der Waals surface area contributed by atoms with Crippen molar-refractivity contribution < 1.29 is 0 Å². The highest BCUT2D eigenvalue weighted by Crippen LogP contribution is 2.10. The number of aromatic nitrogens is 1. The third-order valence-corrected chi connectivity index (χ3v) is 1.30. The van der Waals surface area contributed by atoms with Gasteiger partial charge in [-0.05, 0) is 18.6 Å². The van der Waals surface area contributed by atoms with Gasteiger partial charge in [0.2, 0.25) is 0 Å². The number of nitrogen functional groups attached to an aromatic ring is 1. The molecule has 1 rings (SSSR count). The van der Waals surface area contributed by atoms with Crippen molar-refractivity contribution in [3.63, 3.8) is 0 Å². The number of nitriles is 1. The molecule has 0 radical (unpaired) electrons. The molecule has 0 aromatic carbocycles. The molecule has 1 heterocycles. The number of rotatable bonds is 0. The van der Waals surface area contributed by atoms with Crippen LogP contribution in [0.5, 0.6) is 0 Å². The molecule has 3 nitrogen and oxygen atoms in total. The van der Waals surface area contributed by atoms with Gasteiger partial charge in [0.15, 0.2) is 0 Å². The monoisotopic (exact) mass is 163 g/mol. The van der Waals surface area contributed by atoms with Gasteiger partial charge in [-0.2, -0.15) is 5.26 Å². The summed E-state index contributed by atoms with van der Waals surface area (Å²) < 4.78 is 0. The standard InChI is InChI=1S/C7H7N3.C2H6/c1-5-2-3-10-7(9)6(5)4-8;1-2/h2-3H,1H3,(H2,9,10);1-2H3. The Morgan fingerprint density at radius 1 is 1.50 bits per heavy atom. The van der Waals surface area contributed by atoms with Gasteiger partial charge in [0.05, 0.1) is 5.56 Å². The Balaban J connectivity index is 0.000000561. The summed E-state index contributed by atoms with van der Waals surface area (Å²) in [5, 5.41) is 8.53. The first-order valence-electron chi connectivity index (χ1n) is 3.87. The molecule has 1 aromatic heterocycles. The fourth-order valence-corrected chi connectivity index (χ4v) is 0.725. The molecule has 0 aliphatic rings. The molecule has 0 unspecified atom stereocenters. The van der Waals surface area contributed by atoms with E-state index in [4.69, 9.17) is 11.0 Å². The highest BCUT2D eigenvalue weighted by molar-refractivity contribution is 5.51. The second kappa shape index (κ2) is 5.14. The van der Waals surface area contributed by atoms with E-state index in [-0.39, 0.29) is 0 Å². The summed E-state index contributed by atoms with van der Waals surface area (Å²) in [5.74, 6) is 0.308. The predicted octanol–water partition coefficient (Wildman–Crippen LogP) is 1.87. The van der Waals surface area contributed by atoms with E-state index in [0.29, 0.717) is 11.4 Å². The smallest absolute Gasteiger partial charge is 0.141 e. The molecule has 0 aliphatic heterocycles. The van der Waals surface area contributed by atoms with Crippen LogP contribution >= 0.6 is 0 Å². The number of hydrogen-bond acceptors (Lipinski definition) is 3. The minimum Gasteiger partial charge on any atom is -0.383 e. The summed E-state index contributed by atoms with van der Waals surface area (Å²) in [7, 11) is 0. The van der Waals surface area contributed by atoms with Crippen LogP contribution in [0.4, 0.5) is 5.82 Å². The van der Waals surface area contributed by atoms with E-state index in [1.54, 1.807) is 12.3 Å². The Bertz CT molecular complexity index is 266. The van der Waals surface area contributed by atoms with Crippen LogP contribution in [0.3, 0.4) is 0 Å². The largest absolute Gasteiger partial charge is 0.383 e. The zero-order valence-electron chi connectivity index (χ0n) is 7.63. The fraction of sp³-hybridized carbons (Fsp3) is 0.333. The predicted molar refractivity (Wildman–Crippen MR) is 49.4 cm³/mol. The van der Waals surface area contributed by atoms with Crippen LogP contribution in [-0.2, 0) is 0 Å². The van der Waals surface area contributed by atoms with Crippen LogP contribution in [0.25, 0.3) is 0 Å². The minimum absolute atomic E-state index is 0.308. The molecular weight excluding hydrogens is 150 g/mol. The molecule has 1 aromatic rings. The van der Waals surface area contributed by atoms with Gasteiger partial charge in [0.25, 0.3) is 0 Å². The minimum atomic E-state index is 0.308. The fourth-order valence-electron chi connectivity index (χ4n) is 0.725. The van der Waals surface area contributed by atoms with Gasteiger partial charge in [-0.3, -0.25) is 0 Å². The zero-order valence-corrected chi connectivity index (χ0v) is 7.63. The van der Waals surface area contributed by atoms with Gasteiger partial charge in [-0.15, -0.1) is 0 Å². The van der Waals surface area contributed by atoms with Crippen LogP contribution in [-0.4, -0.2) is 4.98 Å². The second-order valence-electron chi connectivity index (χ2n) is 2.00. The summed E-state index contributed by atoms with van der Waals surface area (Å²) >= 11 is 0. The number of anilines is 1. The van der Waals surface area contributed by atoms with Gasteiger partial charge in [-0.25, -0.2) is 4.98 Å². The molecule has 2 N–H and O–H groups in total. The first-order valence-corrected chi connectivity index (χ1v) is 3.87. The average molecular weight is 163 g/mol. The van der Waals surface area contributed by atoms with Crippen LogP contribution in [0.15, 0.2) is 12.3 Å². The van der Waals surface area contributed by atoms with Crippen LogP contribution in [0.2, 0.25) is 0 Å². The number of pyridine rings is 1. The zero-order chi connectivity index (χ0) is 9.56. The third-order valence-electron chi connectivity index (χ3n) is 1.30. The van der Waals surface area contributed by atoms with Crippen LogP contribution in [0.1, 0.15) is 25.0 Å². The molecule has 0 atom stereocenters. The first-order chi connectivity index (χ1) is 5.75. The molecule has 64 valence electrons. The average Bonchev–Trinajstić information content (AvgIpc) is 2.08. The Morgan fingerprint density at radius 3 is 2.42 bits per heavy atom. The van der Waals surface area contributed by atoms with Gasteiger partial charge in [0, 0.05) is 6.20 Å². The molecule has 12 heavy (non-hydrogen) atoms. The molecular formula is C9H13N3. The van der Waals surface area contributed by atoms with Gasteiger partial charge < -0.3 is 5.73 Å². The normalized spacial score (nSPS) is 7.83. The highest BCUT2D eigenvalue weighted by Gasteiger charge is 1.99. The van der Waals surface area contributed by atoms with Crippen molar-refractivity contribution in [2.75, 3.05) is 5.73 Å². The lowest BCUT2D eigenvalue weighted by Crippen LogP contribution is -1.95. The molecule has 0 saturated carbocycles. The summed E-state index contributed by atoms with van der Waals surface area (Å²) in [4.78, 5) is 3.77. The molecule has 0 fully saturated rings. The SMILES string of the molecule is CC.Cc1ccnc(N)c1C#N. The topological polar surface area (TPSA) is 62.7 Å². The lowest BCUT2D eigenvalue weighted by molar-refractivity contribution is 1.26. The Labute approximate surface area is 72.8 Å². The summed E-state index contributed by atoms with van der Waals surface area (Å²) in [5.41, 5.74) is 6.74. The van der Waals surface area contributed by atoms with E-state index < -0.39 is 0 Å². The van der Waals surface area contributed by atoms with Crippen molar-refractivity contribution in [2.24, 2.45) is 0 Å². The van der Waals surface area contributed by atoms with Gasteiger partial charge in [-0.1, -0.05) is 13.8 Å². The summed E-state index contributed by atoms with van der Waals surface area (Å²) in [6.45, 7) is 5.83. The van der Waals surface area contributed by atoms with Crippen molar-refractivity contribution in [2.45, 2.75) is 20.8 Å². The third kappa shape index (κ3) is 2.24. The molecule has 0 amide bonds. The van der Waals surface area contributed by atoms with E-state index >= 15 is 0 Å². The van der Waals surface area contributed by atoms with Crippen LogP contribution < -0.4 is 5.73 Å². The number of nitrogens with two attached hydrogens (primary N) is 1. The Hall–Kier alpha value is -1.56. The van der Waals surface area contributed by atoms with Gasteiger partial charge >= 0.3 is 0 Å². The van der Waals surface area contributed by atoms with E-state index in [0.717, 1.165) is 5.56 Å². The van der Waals surface area contributed by atoms with Crippen molar-refractivity contribution in [1.29, 1.82) is 5.26 Å². The summed E-state index contributed by atoms with van der Waals surface area (Å²) in [6.07, 6.45) is 1.59. The van der Waals surface area contributed by atoms with E-state index in [1.807, 2.05) is 26.8 Å². The van der Waals surface area contributed by atoms with Crippen molar-refractivity contribution in [1.82, 2.24) is 4.98 Å². The molecule has 0 aliphatic carbocycles. The molecule has 3 heteroatoms. The quantitative estimate of drug-likeness (QED) is 0.635. The van der Waals surface area contributed by atoms with Crippen molar-refractivity contribution >= 4 is 5.82 Å². The lowest BCUT2D eigenvalue weighted by atomic mass is 10.2. The molecule has 0 bridgehead atoms. The van der Waals surface area contributed by atoms with Gasteiger partial charge in [0.1, 0.15) is 11.9 Å². The number of aryl methyl sites for hydroxylation is 1. The second-order valence-corrected chi connectivity index (χ2v) is 2.00. The maximum Gasteiger partial charge on any atom is 0.141 e. The number of nitrogens with zero attached hydrogens (tertiary/aromatic N) is 2. The number of hydrogen-bond donors (Lipinski definition) is 1. The molecule has 0 saturated heterocycles. The first kappa shape index (κ1) is 10.4. The van der Waals surface area contributed by atoms with Crippen molar-refractivity contribution in [3.05, 3.63) is 23.4 Å². The van der Waals surface area contributed by atoms with E-state index in [9.17, 15) is 0 Å². The maximum absolute atomic E-state index is 8.53. The van der Waals surface area contributed by atoms with E-state index in [1.165, 1.54) is 0 Å².